The highest BCUT2D eigenvalue weighted by Gasteiger charge is 2.32. The number of fused-ring (bicyclic) bond motifs is 12. The third kappa shape index (κ3) is 6.11. The first kappa shape index (κ1) is 37.8. The summed E-state index contributed by atoms with van der Waals surface area (Å²) >= 11 is 0. The highest BCUT2D eigenvalue weighted by molar-refractivity contribution is 6.17. The molecule has 0 amide bonds. The van der Waals surface area contributed by atoms with Crippen molar-refractivity contribution in [3.05, 3.63) is 255 Å². The van der Waals surface area contributed by atoms with Crippen LogP contribution in [0.25, 0.3) is 122 Å². The molecule has 1 aliphatic rings. The maximum Gasteiger partial charge on any atom is 0.0625 e. The smallest absolute Gasteiger partial charge is 0.0625 e. The molecular formula is C64H42N2. The molecule has 0 aliphatic heterocycles. The van der Waals surface area contributed by atoms with Gasteiger partial charge in [-0.1, -0.05) is 218 Å². The Kier molecular flexibility index (Phi) is 8.89. The summed E-state index contributed by atoms with van der Waals surface area (Å²) in [6, 6.07) is 93.3. The molecule has 308 valence electrons. The standard InChI is InChI=1S/C64H42N2/c1-5-17-43(18-6-1)45-29-33-47(34-30-45)49-37-39-57-59(41-49)65(51-21-9-3-10-22-51)63-55-27-15-14-26-54(55)62-58-40-38-50(48-35-31-46(32-36-48)44-19-7-2-8-20-44)42-60(58)66(52-23-11-4-12-24-52)64(62)56-28-16-13-25-53(56)61(57)63/h1-42H. The molecule has 2 aromatic heterocycles. The van der Waals surface area contributed by atoms with E-state index in [1.807, 2.05) is 0 Å². The number of hydrogen-bond donors (Lipinski definition) is 0. The Morgan fingerprint density at radius 3 is 0.848 bits per heavy atom. The minimum absolute atomic E-state index is 1.13. The first-order valence-corrected chi connectivity index (χ1v) is 22.8. The van der Waals surface area contributed by atoms with Gasteiger partial charge in [0.15, 0.2) is 0 Å². The van der Waals surface area contributed by atoms with E-state index in [0.29, 0.717) is 0 Å². The van der Waals surface area contributed by atoms with Crippen molar-refractivity contribution >= 4 is 21.8 Å². The maximum absolute atomic E-state index is 2.51. The highest BCUT2D eigenvalue weighted by atomic mass is 15.0. The number of para-hydroxylation sites is 2. The van der Waals surface area contributed by atoms with Crippen molar-refractivity contribution in [1.29, 1.82) is 0 Å². The molecule has 13 rings (SSSR count). The minimum Gasteiger partial charge on any atom is -0.309 e. The van der Waals surface area contributed by atoms with Gasteiger partial charge in [-0.2, -0.15) is 0 Å². The van der Waals surface area contributed by atoms with E-state index >= 15 is 0 Å². The van der Waals surface area contributed by atoms with Gasteiger partial charge in [-0.25, -0.2) is 0 Å². The lowest BCUT2D eigenvalue weighted by molar-refractivity contribution is 1.13. The summed E-state index contributed by atoms with van der Waals surface area (Å²) in [6.07, 6.45) is 0. The van der Waals surface area contributed by atoms with Crippen molar-refractivity contribution in [1.82, 2.24) is 9.13 Å². The van der Waals surface area contributed by atoms with Gasteiger partial charge in [-0.05, 0) is 92.0 Å². The van der Waals surface area contributed by atoms with E-state index in [1.165, 1.54) is 111 Å². The molecule has 0 atom stereocenters. The molecule has 0 saturated heterocycles. The molecular weight excluding hydrogens is 797 g/mol. The average molecular weight is 839 g/mol. The quantitative estimate of drug-likeness (QED) is 0.158. The fourth-order valence-corrected chi connectivity index (χ4v) is 10.5. The van der Waals surface area contributed by atoms with Crippen LogP contribution in [-0.2, 0) is 0 Å². The summed E-state index contributed by atoms with van der Waals surface area (Å²) in [5, 5.41) is 2.43. The fraction of sp³-hybridized carbons (Fsp3) is 0. The Hall–Kier alpha value is -8.72. The van der Waals surface area contributed by atoms with E-state index in [-0.39, 0.29) is 0 Å². The predicted molar refractivity (Wildman–Crippen MR) is 277 cm³/mol. The first-order valence-electron chi connectivity index (χ1n) is 22.8. The summed E-state index contributed by atoms with van der Waals surface area (Å²) in [6.45, 7) is 0. The second kappa shape index (κ2) is 15.5. The van der Waals surface area contributed by atoms with Crippen LogP contribution in [0.5, 0.6) is 0 Å². The molecule has 0 fully saturated rings. The van der Waals surface area contributed by atoms with Gasteiger partial charge >= 0.3 is 0 Å². The average Bonchev–Trinajstić information content (AvgIpc) is 3.92. The summed E-state index contributed by atoms with van der Waals surface area (Å²) in [5.41, 5.74) is 23.9. The molecule has 0 saturated carbocycles. The van der Waals surface area contributed by atoms with Gasteiger partial charge in [0.25, 0.3) is 0 Å². The van der Waals surface area contributed by atoms with Crippen molar-refractivity contribution in [2.45, 2.75) is 0 Å². The molecule has 66 heavy (non-hydrogen) atoms. The van der Waals surface area contributed by atoms with Crippen molar-refractivity contribution in [3.63, 3.8) is 0 Å². The molecule has 1 aliphatic carbocycles. The fourth-order valence-electron chi connectivity index (χ4n) is 10.5. The molecule has 2 nitrogen and oxygen atoms in total. The van der Waals surface area contributed by atoms with Gasteiger partial charge in [0.05, 0.1) is 22.4 Å². The van der Waals surface area contributed by atoms with Crippen LogP contribution in [0.3, 0.4) is 0 Å². The van der Waals surface area contributed by atoms with Crippen LogP contribution >= 0.6 is 0 Å². The van der Waals surface area contributed by atoms with Crippen molar-refractivity contribution in [2.75, 3.05) is 0 Å². The van der Waals surface area contributed by atoms with E-state index in [2.05, 4.69) is 264 Å². The first-order chi connectivity index (χ1) is 32.8. The monoisotopic (exact) mass is 838 g/mol. The summed E-state index contributed by atoms with van der Waals surface area (Å²) in [5.74, 6) is 0. The van der Waals surface area contributed by atoms with E-state index in [4.69, 9.17) is 0 Å². The van der Waals surface area contributed by atoms with E-state index in [0.717, 1.165) is 11.4 Å². The zero-order chi connectivity index (χ0) is 43.6. The Morgan fingerprint density at radius 1 is 0.212 bits per heavy atom. The summed E-state index contributed by atoms with van der Waals surface area (Å²) in [4.78, 5) is 0. The van der Waals surface area contributed by atoms with Crippen LogP contribution in [0, 0.1) is 0 Å². The lowest BCUT2D eigenvalue weighted by atomic mass is 9.84. The third-order valence-corrected chi connectivity index (χ3v) is 13.5. The predicted octanol–water partition coefficient (Wildman–Crippen LogP) is 17.2. The number of aromatic nitrogens is 2. The van der Waals surface area contributed by atoms with Crippen LogP contribution in [0.4, 0.5) is 0 Å². The lowest BCUT2D eigenvalue weighted by Crippen LogP contribution is -2.03. The highest BCUT2D eigenvalue weighted by Crippen LogP contribution is 2.55. The lowest BCUT2D eigenvalue weighted by Gasteiger charge is -2.23. The van der Waals surface area contributed by atoms with Crippen LogP contribution in [0.15, 0.2) is 255 Å². The van der Waals surface area contributed by atoms with Crippen LogP contribution < -0.4 is 0 Å². The normalized spacial score (nSPS) is 11.6. The molecule has 0 radical (unpaired) electrons. The molecule has 0 bridgehead atoms. The Labute approximate surface area is 384 Å². The largest absolute Gasteiger partial charge is 0.309 e. The van der Waals surface area contributed by atoms with Gasteiger partial charge in [0, 0.05) is 44.4 Å². The van der Waals surface area contributed by atoms with Gasteiger partial charge in [0.2, 0.25) is 0 Å². The number of hydrogen-bond acceptors (Lipinski definition) is 0. The van der Waals surface area contributed by atoms with Crippen molar-refractivity contribution < 1.29 is 0 Å². The number of rotatable bonds is 6. The van der Waals surface area contributed by atoms with E-state index in [9.17, 15) is 0 Å². The second-order valence-corrected chi connectivity index (χ2v) is 17.2. The Balaban J connectivity index is 1.08. The van der Waals surface area contributed by atoms with Gasteiger partial charge < -0.3 is 9.13 Å². The Bertz CT molecular complexity index is 3500. The third-order valence-electron chi connectivity index (χ3n) is 13.5. The maximum atomic E-state index is 2.51. The molecule has 2 heterocycles. The Morgan fingerprint density at radius 2 is 0.485 bits per heavy atom. The minimum atomic E-state index is 1.13. The zero-order valence-corrected chi connectivity index (χ0v) is 36.1. The SMILES string of the molecule is c1ccc(-c2ccc(-c3ccc4c5c(n(-c6ccccc6)c4c3)-c3ccccc3-c3c(n(-c4ccccc4)c4cc(-c6ccc(-c7ccccc7)cc6)ccc34)-c3ccccc3-5)cc2)cc1. The number of nitrogens with zero attached hydrogens (tertiary/aromatic N) is 2. The van der Waals surface area contributed by atoms with Crippen LogP contribution in [0.2, 0.25) is 0 Å². The second-order valence-electron chi connectivity index (χ2n) is 17.2. The molecule has 0 unspecified atom stereocenters. The van der Waals surface area contributed by atoms with Crippen LogP contribution in [0.1, 0.15) is 0 Å². The van der Waals surface area contributed by atoms with Crippen molar-refractivity contribution in [2.24, 2.45) is 0 Å². The molecule has 10 aromatic carbocycles. The summed E-state index contributed by atoms with van der Waals surface area (Å²) < 4.78 is 5.03. The molecule has 12 aromatic rings. The van der Waals surface area contributed by atoms with Gasteiger partial charge in [-0.15, -0.1) is 0 Å². The van der Waals surface area contributed by atoms with E-state index in [1.54, 1.807) is 0 Å². The van der Waals surface area contributed by atoms with Crippen LogP contribution in [-0.4, -0.2) is 9.13 Å². The van der Waals surface area contributed by atoms with Gasteiger partial charge in [0.1, 0.15) is 0 Å². The van der Waals surface area contributed by atoms with E-state index < -0.39 is 0 Å². The molecule has 0 spiro atoms. The topological polar surface area (TPSA) is 9.86 Å². The molecule has 0 N–H and O–H groups in total. The molecule has 2 heteroatoms. The zero-order valence-electron chi connectivity index (χ0n) is 36.1. The van der Waals surface area contributed by atoms with Gasteiger partial charge in [-0.3, -0.25) is 0 Å². The summed E-state index contributed by atoms with van der Waals surface area (Å²) in [7, 11) is 0. The van der Waals surface area contributed by atoms with Crippen molar-refractivity contribution in [3.8, 4) is 101 Å². The number of benzene rings is 10.